The van der Waals surface area contributed by atoms with Gasteiger partial charge in [0, 0.05) is 26.3 Å². The third kappa shape index (κ3) is 10.2. The third-order valence-electron chi connectivity index (χ3n) is 6.40. The van der Waals surface area contributed by atoms with Crippen LogP contribution in [0.15, 0.2) is 78.9 Å². The van der Waals surface area contributed by atoms with E-state index in [2.05, 4.69) is 59.5 Å². The van der Waals surface area contributed by atoms with Crippen molar-refractivity contribution in [3.05, 3.63) is 101 Å². The lowest BCUT2D eigenvalue weighted by atomic mass is 10.0. The van der Waals surface area contributed by atoms with Gasteiger partial charge in [0.1, 0.15) is 5.75 Å². The van der Waals surface area contributed by atoms with Crippen LogP contribution in [0.1, 0.15) is 60.5 Å². The molecule has 0 bridgehead atoms. The molecule has 0 aliphatic carbocycles. The van der Waals surface area contributed by atoms with Crippen molar-refractivity contribution in [1.29, 1.82) is 0 Å². The van der Waals surface area contributed by atoms with Crippen molar-refractivity contribution >= 4 is 0 Å². The largest absolute Gasteiger partial charge is 0.508 e. The number of rotatable bonds is 16. The number of aliphatic hydroxyl groups excluding tert-OH is 1. The number of aryl methyl sites for hydroxylation is 2. The van der Waals surface area contributed by atoms with Gasteiger partial charge in [0.2, 0.25) is 0 Å². The van der Waals surface area contributed by atoms with Gasteiger partial charge in [-0.3, -0.25) is 4.90 Å². The van der Waals surface area contributed by atoms with E-state index in [1.54, 1.807) is 6.07 Å². The molecule has 0 amide bonds. The topological polar surface area (TPSA) is 52.9 Å². The summed E-state index contributed by atoms with van der Waals surface area (Å²) in [4.78, 5) is 2.34. The predicted octanol–water partition coefficient (Wildman–Crippen LogP) is 6.45. The summed E-state index contributed by atoms with van der Waals surface area (Å²) < 4.78 is 5.82. The normalized spacial score (nSPS) is 12.2. The smallest absolute Gasteiger partial charge is 0.118 e. The zero-order chi connectivity index (χ0) is 24.7. The van der Waals surface area contributed by atoms with Crippen LogP contribution in [0.4, 0.5) is 0 Å². The summed E-state index contributed by atoms with van der Waals surface area (Å²) in [5, 5.41) is 20.7. The predicted molar refractivity (Wildman–Crippen MR) is 144 cm³/mol. The van der Waals surface area contributed by atoms with Gasteiger partial charge >= 0.3 is 0 Å². The molecule has 0 radical (unpaired) electrons. The van der Waals surface area contributed by atoms with Gasteiger partial charge < -0.3 is 14.9 Å². The van der Waals surface area contributed by atoms with Gasteiger partial charge in [-0.1, -0.05) is 79.6 Å². The first-order valence-electron chi connectivity index (χ1n) is 13.0. The Balaban J connectivity index is 1.35. The van der Waals surface area contributed by atoms with Crippen molar-refractivity contribution < 1.29 is 14.9 Å². The fraction of sp³-hybridized carbons (Fsp3) is 0.419. The SMILES string of the molecule is Cc1cc(C(O)CN(CCCCCCOCCCc2ccccc2)Cc2ccccc2)ccc1O. The number of ether oxygens (including phenoxy) is 1. The van der Waals surface area contributed by atoms with Crippen LogP contribution >= 0.6 is 0 Å². The lowest BCUT2D eigenvalue weighted by Crippen LogP contribution is -2.29. The van der Waals surface area contributed by atoms with Crippen molar-refractivity contribution in [2.45, 2.75) is 58.1 Å². The molecule has 0 spiro atoms. The Bertz CT molecular complexity index is 961. The van der Waals surface area contributed by atoms with E-state index in [1.807, 2.05) is 25.1 Å². The number of unbranched alkanes of at least 4 members (excludes halogenated alkanes) is 3. The Labute approximate surface area is 211 Å². The maximum Gasteiger partial charge on any atom is 0.118 e. The van der Waals surface area contributed by atoms with Crippen LogP contribution in [0, 0.1) is 6.92 Å². The first-order chi connectivity index (χ1) is 17.1. The van der Waals surface area contributed by atoms with Crippen LogP contribution in [0.5, 0.6) is 5.75 Å². The molecule has 35 heavy (non-hydrogen) atoms. The number of benzene rings is 3. The molecule has 0 fully saturated rings. The van der Waals surface area contributed by atoms with Gasteiger partial charge in [-0.15, -0.1) is 0 Å². The fourth-order valence-corrected chi connectivity index (χ4v) is 4.33. The highest BCUT2D eigenvalue weighted by Gasteiger charge is 2.15. The Hall–Kier alpha value is -2.66. The summed E-state index contributed by atoms with van der Waals surface area (Å²) in [6.07, 6.45) is 6.09. The van der Waals surface area contributed by atoms with Gasteiger partial charge in [0.15, 0.2) is 0 Å². The molecule has 0 saturated carbocycles. The van der Waals surface area contributed by atoms with Crippen LogP contribution in [0.3, 0.4) is 0 Å². The minimum absolute atomic E-state index is 0.266. The van der Waals surface area contributed by atoms with Crippen LogP contribution in [0.25, 0.3) is 0 Å². The number of nitrogens with zero attached hydrogens (tertiary/aromatic N) is 1. The van der Waals surface area contributed by atoms with E-state index < -0.39 is 6.10 Å². The molecule has 3 rings (SSSR count). The van der Waals surface area contributed by atoms with Crippen molar-refractivity contribution in [2.75, 3.05) is 26.3 Å². The minimum Gasteiger partial charge on any atom is -0.508 e. The molecule has 2 N–H and O–H groups in total. The second-order valence-electron chi connectivity index (χ2n) is 9.40. The monoisotopic (exact) mass is 475 g/mol. The Morgan fingerprint density at radius 2 is 1.43 bits per heavy atom. The molecule has 0 aromatic heterocycles. The number of hydrogen-bond acceptors (Lipinski definition) is 4. The molecule has 4 heteroatoms. The van der Waals surface area contributed by atoms with Gasteiger partial charge in [-0.25, -0.2) is 0 Å². The van der Waals surface area contributed by atoms with Crippen LogP contribution in [-0.4, -0.2) is 41.4 Å². The van der Waals surface area contributed by atoms with E-state index in [4.69, 9.17) is 4.74 Å². The van der Waals surface area contributed by atoms with Gasteiger partial charge in [-0.2, -0.15) is 0 Å². The third-order valence-corrected chi connectivity index (χ3v) is 6.40. The van der Waals surface area contributed by atoms with E-state index in [0.29, 0.717) is 6.54 Å². The second kappa shape index (κ2) is 15.4. The number of hydrogen-bond donors (Lipinski definition) is 2. The molecular weight excluding hydrogens is 434 g/mol. The standard InChI is InChI=1S/C31H41NO3/c1-26-23-29(18-19-30(26)33)31(34)25-32(24-28-15-8-5-9-16-28)20-10-2-3-11-21-35-22-12-17-27-13-6-4-7-14-27/h4-9,13-16,18-19,23,31,33-34H,2-3,10-12,17,20-22,24-25H2,1H3. The molecule has 0 aliphatic rings. The maximum atomic E-state index is 10.9. The summed E-state index contributed by atoms with van der Waals surface area (Å²) in [6.45, 7) is 5.86. The van der Waals surface area contributed by atoms with Crippen molar-refractivity contribution in [3.8, 4) is 5.75 Å². The van der Waals surface area contributed by atoms with Crippen molar-refractivity contribution in [2.24, 2.45) is 0 Å². The van der Waals surface area contributed by atoms with E-state index in [1.165, 1.54) is 11.1 Å². The molecule has 3 aromatic carbocycles. The highest BCUT2D eigenvalue weighted by Crippen LogP contribution is 2.23. The summed E-state index contributed by atoms with van der Waals surface area (Å²) in [5.74, 6) is 0.266. The van der Waals surface area contributed by atoms with E-state index in [-0.39, 0.29) is 5.75 Å². The molecule has 1 unspecified atom stereocenters. The first kappa shape index (κ1) is 26.9. The molecule has 1 atom stereocenters. The molecule has 4 nitrogen and oxygen atoms in total. The highest BCUT2D eigenvalue weighted by atomic mass is 16.5. The summed E-state index contributed by atoms with van der Waals surface area (Å²) >= 11 is 0. The van der Waals surface area contributed by atoms with Crippen LogP contribution < -0.4 is 0 Å². The average molecular weight is 476 g/mol. The van der Waals surface area contributed by atoms with Crippen LogP contribution in [0.2, 0.25) is 0 Å². The number of phenols is 1. The highest BCUT2D eigenvalue weighted by molar-refractivity contribution is 5.36. The second-order valence-corrected chi connectivity index (χ2v) is 9.40. The van der Waals surface area contributed by atoms with E-state index in [9.17, 15) is 10.2 Å². The Morgan fingerprint density at radius 3 is 2.14 bits per heavy atom. The maximum absolute atomic E-state index is 10.9. The summed E-state index contributed by atoms with van der Waals surface area (Å²) in [5.41, 5.74) is 4.27. The lowest BCUT2D eigenvalue weighted by molar-refractivity contribution is 0.107. The molecule has 0 saturated heterocycles. The lowest BCUT2D eigenvalue weighted by Gasteiger charge is -2.26. The van der Waals surface area contributed by atoms with Gasteiger partial charge in [0.25, 0.3) is 0 Å². The molecular formula is C31H41NO3. The fourth-order valence-electron chi connectivity index (χ4n) is 4.33. The van der Waals surface area contributed by atoms with Crippen molar-refractivity contribution in [3.63, 3.8) is 0 Å². The number of aliphatic hydroxyl groups is 1. The number of aromatic hydroxyl groups is 1. The summed E-state index contributed by atoms with van der Waals surface area (Å²) in [7, 11) is 0. The van der Waals surface area contributed by atoms with Crippen LogP contribution in [-0.2, 0) is 17.7 Å². The first-order valence-corrected chi connectivity index (χ1v) is 13.0. The number of phenolic OH excluding ortho intramolecular Hbond substituents is 1. The quantitative estimate of drug-likeness (QED) is 0.234. The van der Waals surface area contributed by atoms with Gasteiger partial charge in [0.05, 0.1) is 6.10 Å². The zero-order valence-corrected chi connectivity index (χ0v) is 21.1. The van der Waals surface area contributed by atoms with E-state index >= 15 is 0 Å². The molecule has 3 aromatic rings. The van der Waals surface area contributed by atoms with Gasteiger partial charge in [-0.05, 0) is 73.5 Å². The van der Waals surface area contributed by atoms with Crippen molar-refractivity contribution in [1.82, 2.24) is 4.90 Å². The minimum atomic E-state index is -0.581. The molecule has 188 valence electrons. The summed E-state index contributed by atoms with van der Waals surface area (Å²) in [6, 6.07) is 26.4. The molecule has 0 aliphatic heterocycles. The Kier molecular flexibility index (Phi) is 11.8. The zero-order valence-electron chi connectivity index (χ0n) is 21.1. The average Bonchev–Trinajstić information content (AvgIpc) is 2.88. The van der Waals surface area contributed by atoms with E-state index in [0.717, 1.165) is 76.0 Å². The Morgan fingerprint density at radius 1 is 0.771 bits per heavy atom. The molecule has 0 heterocycles.